The van der Waals surface area contributed by atoms with Gasteiger partial charge in [0.25, 0.3) is 0 Å². The summed E-state index contributed by atoms with van der Waals surface area (Å²) in [6.07, 6.45) is 0. The Hall–Kier alpha value is -1.29. The predicted molar refractivity (Wildman–Crippen MR) is 43.4 cm³/mol. The van der Waals surface area contributed by atoms with Gasteiger partial charge in [0.1, 0.15) is 18.2 Å². The quantitative estimate of drug-likeness (QED) is 0.585. The maximum atomic E-state index is 12.7. The van der Waals surface area contributed by atoms with E-state index in [1.54, 1.807) is 11.1 Å². The zero-order chi connectivity index (χ0) is 8.55. The van der Waals surface area contributed by atoms with Crippen molar-refractivity contribution < 1.29 is 9.13 Å². The summed E-state index contributed by atoms with van der Waals surface area (Å²) in [6, 6.07) is 4.32. The molecule has 0 aliphatic carbocycles. The molecule has 1 aliphatic heterocycles. The van der Waals surface area contributed by atoms with E-state index in [0.29, 0.717) is 18.9 Å². The highest BCUT2D eigenvalue weighted by Crippen LogP contribution is 2.29. The molecule has 0 unspecified atom stereocenters. The van der Waals surface area contributed by atoms with Crippen molar-refractivity contribution in [1.29, 1.82) is 0 Å². The first-order valence-electron chi connectivity index (χ1n) is 3.72. The summed E-state index contributed by atoms with van der Waals surface area (Å²) in [5, 5.41) is 1.55. The zero-order valence-electron chi connectivity index (χ0n) is 6.46. The lowest BCUT2D eigenvalue weighted by Crippen LogP contribution is -2.38. The average molecular weight is 168 g/mol. The molecule has 0 saturated heterocycles. The summed E-state index contributed by atoms with van der Waals surface area (Å²) in [5.74, 6) is 5.84. The Labute approximate surface area is 69.5 Å². The monoisotopic (exact) mass is 168 g/mol. The lowest BCUT2D eigenvalue weighted by molar-refractivity contribution is 0.306. The summed E-state index contributed by atoms with van der Waals surface area (Å²) >= 11 is 0. The molecule has 0 amide bonds. The number of hydrogen-bond acceptors (Lipinski definition) is 3. The highest BCUT2D eigenvalue weighted by molar-refractivity contribution is 5.58. The Morgan fingerprint density at radius 2 is 2.33 bits per heavy atom. The van der Waals surface area contributed by atoms with E-state index in [-0.39, 0.29) is 5.82 Å². The number of rotatable bonds is 0. The molecule has 0 spiro atoms. The number of halogens is 1. The number of hydrazine groups is 1. The van der Waals surface area contributed by atoms with Crippen LogP contribution in [-0.2, 0) is 0 Å². The van der Waals surface area contributed by atoms with Gasteiger partial charge in [-0.15, -0.1) is 0 Å². The van der Waals surface area contributed by atoms with Crippen molar-refractivity contribution in [3.8, 4) is 5.75 Å². The first-order chi connectivity index (χ1) is 5.77. The Morgan fingerprint density at radius 1 is 1.50 bits per heavy atom. The third kappa shape index (κ3) is 1.10. The zero-order valence-corrected chi connectivity index (χ0v) is 6.46. The van der Waals surface area contributed by atoms with Crippen LogP contribution in [0.3, 0.4) is 0 Å². The highest BCUT2D eigenvalue weighted by Gasteiger charge is 2.15. The van der Waals surface area contributed by atoms with Crippen LogP contribution in [0.2, 0.25) is 0 Å². The molecule has 1 aromatic rings. The molecule has 1 heterocycles. The SMILES string of the molecule is NN1CCOc2cc(F)ccc21. The number of benzene rings is 1. The Kier molecular flexibility index (Phi) is 1.62. The van der Waals surface area contributed by atoms with Crippen LogP contribution in [0.25, 0.3) is 0 Å². The van der Waals surface area contributed by atoms with Crippen LogP contribution >= 0.6 is 0 Å². The predicted octanol–water partition coefficient (Wildman–Crippen LogP) is 0.898. The first-order valence-corrected chi connectivity index (χ1v) is 3.72. The average Bonchev–Trinajstić information content (AvgIpc) is 2.04. The van der Waals surface area contributed by atoms with Crippen LogP contribution < -0.4 is 15.6 Å². The molecule has 1 aromatic carbocycles. The summed E-state index contributed by atoms with van der Waals surface area (Å²) in [6.45, 7) is 1.14. The Balaban J connectivity index is 2.46. The van der Waals surface area contributed by atoms with Crippen LogP contribution in [0, 0.1) is 5.82 Å². The molecular weight excluding hydrogens is 159 g/mol. The van der Waals surface area contributed by atoms with Gasteiger partial charge in [0.05, 0.1) is 12.2 Å². The van der Waals surface area contributed by atoms with Crippen LogP contribution in [0.15, 0.2) is 18.2 Å². The largest absolute Gasteiger partial charge is 0.489 e. The van der Waals surface area contributed by atoms with Gasteiger partial charge in [0.15, 0.2) is 0 Å². The third-order valence-electron chi connectivity index (χ3n) is 1.82. The minimum atomic E-state index is -0.302. The number of fused-ring (bicyclic) bond motifs is 1. The summed E-state index contributed by atoms with van der Waals surface area (Å²) in [5.41, 5.74) is 0.739. The van der Waals surface area contributed by atoms with Crippen LogP contribution in [-0.4, -0.2) is 13.2 Å². The van der Waals surface area contributed by atoms with E-state index in [0.717, 1.165) is 5.69 Å². The summed E-state index contributed by atoms with van der Waals surface area (Å²) < 4.78 is 17.9. The fourth-order valence-electron chi connectivity index (χ4n) is 1.22. The van der Waals surface area contributed by atoms with Gasteiger partial charge in [-0.05, 0) is 12.1 Å². The van der Waals surface area contributed by atoms with Gasteiger partial charge in [-0.2, -0.15) is 0 Å². The van der Waals surface area contributed by atoms with Gasteiger partial charge in [0, 0.05) is 6.07 Å². The van der Waals surface area contributed by atoms with Gasteiger partial charge in [0.2, 0.25) is 0 Å². The molecule has 0 saturated carbocycles. The van der Waals surface area contributed by atoms with Crippen molar-refractivity contribution in [2.24, 2.45) is 5.84 Å². The second kappa shape index (κ2) is 2.64. The van der Waals surface area contributed by atoms with Crippen molar-refractivity contribution in [2.75, 3.05) is 18.2 Å². The lowest BCUT2D eigenvalue weighted by Gasteiger charge is -2.26. The molecule has 2 rings (SSSR count). The second-order valence-electron chi connectivity index (χ2n) is 2.65. The van der Waals surface area contributed by atoms with Crippen LogP contribution in [0.1, 0.15) is 0 Å². The number of nitrogens with zero attached hydrogens (tertiary/aromatic N) is 1. The van der Waals surface area contributed by atoms with E-state index in [4.69, 9.17) is 10.6 Å². The van der Waals surface area contributed by atoms with Crippen molar-refractivity contribution in [2.45, 2.75) is 0 Å². The van der Waals surface area contributed by atoms with Crippen molar-refractivity contribution in [3.05, 3.63) is 24.0 Å². The maximum Gasteiger partial charge on any atom is 0.146 e. The Morgan fingerprint density at radius 3 is 3.17 bits per heavy atom. The molecule has 3 nitrogen and oxygen atoms in total. The lowest BCUT2D eigenvalue weighted by atomic mass is 10.2. The van der Waals surface area contributed by atoms with Gasteiger partial charge in [-0.3, -0.25) is 0 Å². The fraction of sp³-hybridized carbons (Fsp3) is 0.250. The molecule has 0 radical (unpaired) electrons. The van der Waals surface area contributed by atoms with E-state index in [9.17, 15) is 4.39 Å². The molecule has 64 valence electrons. The number of anilines is 1. The van der Waals surface area contributed by atoms with Gasteiger partial charge in [-0.1, -0.05) is 0 Å². The van der Waals surface area contributed by atoms with Gasteiger partial charge >= 0.3 is 0 Å². The van der Waals surface area contributed by atoms with Crippen molar-refractivity contribution in [3.63, 3.8) is 0 Å². The van der Waals surface area contributed by atoms with E-state index in [1.807, 2.05) is 0 Å². The number of hydrogen-bond donors (Lipinski definition) is 1. The third-order valence-corrected chi connectivity index (χ3v) is 1.82. The molecule has 0 bridgehead atoms. The molecule has 0 fully saturated rings. The second-order valence-corrected chi connectivity index (χ2v) is 2.65. The molecular formula is C8H9FN2O. The van der Waals surface area contributed by atoms with Gasteiger partial charge in [-0.25, -0.2) is 10.2 Å². The van der Waals surface area contributed by atoms with Crippen molar-refractivity contribution >= 4 is 5.69 Å². The van der Waals surface area contributed by atoms with Crippen LogP contribution in [0.4, 0.5) is 10.1 Å². The van der Waals surface area contributed by atoms with E-state index >= 15 is 0 Å². The highest BCUT2D eigenvalue weighted by atomic mass is 19.1. The van der Waals surface area contributed by atoms with Crippen LogP contribution in [0.5, 0.6) is 5.75 Å². The van der Waals surface area contributed by atoms with Crippen molar-refractivity contribution in [1.82, 2.24) is 0 Å². The summed E-state index contributed by atoms with van der Waals surface area (Å²) in [4.78, 5) is 0. The van der Waals surface area contributed by atoms with Gasteiger partial charge < -0.3 is 9.75 Å². The molecule has 0 aromatic heterocycles. The van der Waals surface area contributed by atoms with E-state index < -0.39 is 0 Å². The van der Waals surface area contributed by atoms with E-state index in [2.05, 4.69) is 0 Å². The molecule has 1 aliphatic rings. The number of ether oxygens (including phenoxy) is 1. The summed E-state index contributed by atoms with van der Waals surface area (Å²) in [7, 11) is 0. The number of nitrogens with two attached hydrogens (primary N) is 1. The standard InChI is InChI=1S/C8H9FN2O/c9-6-1-2-7-8(5-6)12-4-3-11(7)10/h1-2,5H,3-4,10H2. The maximum absolute atomic E-state index is 12.7. The molecule has 2 N–H and O–H groups in total. The molecule has 12 heavy (non-hydrogen) atoms. The topological polar surface area (TPSA) is 38.5 Å². The molecule has 0 atom stereocenters. The Bertz CT molecular complexity index is 303. The normalized spacial score (nSPS) is 15.3. The first kappa shape index (κ1) is 7.36. The van der Waals surface area contributed by atoms with E-state index in [1.165, 1.54) is 12.1 Å². The fourth-order valence-corrected chi connectivity index (χ4v) is 1.22. The molecule has 4 heteroatoms. The minimum Gasteiger partial charge on any atom is -0.489 e. The smallest absolute Gasteiger partial charge is 0.146 e. The minimum absolute atomic E-state index is 0.302.